The van der Waals surface area contributed by atoms with E-state index < -0.39 is 0 Å². The van der Waals surface area contributed by atoms with Gasteiger partial charge in [-0.25, -0.2) is 0 Å². The first-order valence-electron chi connectivity index (χ1n) is 21.5. The summed E-state index contributed by atoms with van der Waals surface area (Å²) in [4.78, 5) is 2.33. The van der Waals surface area contributed by atoms with Crippen molar-refractivity contribution in [2.24, 2.45) is 0 Å². The second-order valence-corrected chi connectivity index (χ2v) is 16.1. The third-order valence-corrected chi connectivity index (χ3v) is 12.4. The molecule has 0 saturated carbocycles. The van der Waals surface area contributed by atoms with E-state index in [1.165, 1.54) is 49.6 Å². The summed E-state index contributed by atoms with van der Waals surface area (Å²) in [5.74, 6) is 0. The molecule has 0 aliphatic rings. The summed E-state index contributed by atoms with van der Waals surface area (Å²) in [6, 6.07) is 87.0. The number of fused-ring (bicyclic) bond motifs is 6. The standard InChI is InChI=1S/C60H40N2O/c1-3-12-41(13-4-1)43-22-31-48(32-23-43)61(49-33-24-44(25-34-49)42-14-5-2-6-15-42)50-35-26-45(27-36-50)46-28-37-51(38-29-46)62-57-20-9-7-16-53(57)56-40-47(30-39-58(56)62)52-18-11-19-55-54-17-8-10-21-59(54)63-60(52)55/h1-40H. The SMILES string of the molecule is c1ccc(-c2ccc(N(c3ccc(-c4ccccc4)cc3)c3ccc(-c4ccc(-n5c6ccccc6c6cc(-c7cccc8c7oc7ccccc78)ccc65)cc4)cc3)cc2)cc1. The van der Waals surface area contributed by atoms with Crippen LogP contribution in [0, 0.1) is 0 Å². The van der Waals surface area contributed by atoms with Crippen LogP contribution in [0.4, 0.5) is 17.1 Å². The minimum absolute atomic E-state index is 0.911. The molecule has 2 heterocycles. The van der Waals surface area contributed by atoms with Crippen molar-refractivity contribution in [1.82, 2.24) is 4.57 Å². The molecule has 0 aliphatic heterocycles. The Hall–Kier alpha value is -8.40. The highest BCUT2D eigenvalue weighted by Crippen LogP contribution is 2.41. The predicted octanol–water partition coefficient (Wildman–Crippen LogP) is 16.8. The van der Waals surface area contributed by atoms with Crippen molar-refractivity contribution in [3.8, 4) is 50.2 Å². The van der Waals surface area contributed by atoms with Crippen molar-refractivity contribution >= 4 is 60.8 Å². The van der Waals surface area contributed by atoms with Gasteiger partial charge < -0.3 is 13.9 Å². The second-order valence-electron chi connectivity index (χ2n) is 16.1. The second kappa shape index (κ2) is 15.3. The molecule has 3 heteroatoms. The van der Waals surface area contributed by atoms with Gasteiger partial charge in [0.25, 0.3) is 0 Å². The number of rotatable bonds is 8. The Balaban J connectivity index is 0.876. The van der Waals surface area contributed by atoms with E-state index in [0.717, 1.165) is 61.4 Å². The van der Waals surface area contributed by atoms with Gasteiger partial charge in [-0.2, -0.15) is 0 Å². The van der Waals surface area contributed by atoms with Crippen molar-refractivity contribution in [3.05, 3.63) is 243 Å². The maximum Gasteiger partial charge on any atom is 0.143 e. The lowest BCUT2D eigenvalue weighted by atomic mass is 10.0. The molecule has 0 bridgehead atoms. The number of hydrogen-bond donors (Lipinski definition) is 0. The van der Waals surface area contributed by atoms with Crippen molar-refractivity contribution < 1.29 is 4.42 Å². The van der Waals surface area contributed by atoms with Gasteiger partial charge in [0.2, 0.25) is 0 Å². The molecule has 0 unspecified atom stereocenters. The lowest BCUT2D eigenvalue weighted by Gasteiger charge is -2.26. The molecule has 0 saturated heterocycles. The fourth-order valence-electron chi connectivity index (χ4n) is 9.31. The molecule has 0 atom stereocenters. The van der Waals surface area contributed by atoms with Gasteiger partial charge in [-0.15, -0.1) is 0 Å². The third kappa shape index (κ3) is 6.46. The van der Waals surface area contributed by atoms with Gasteiger partial charge in [0.05, 0.1) is 11.0 Å². The van der Waals surface area contributed by atoms with Crippen LogP contribution in [0.25, 0.3) is 93.9 Å². The summed E-state index contributed by atoms with van der Waals surface area (Å²) in [5, 5.41) is 4.72. The molecule has 0 N–H and O–H groups in total. The average Bonchev–Trinajstić information content (AvgIpc) is 3.91. The number of nitrogens with zero attached hydrogens (tertiary/aromatic N) is 2. The van der Waals surface area contributed by atoms with Crippen LogP contribution in [0.15, 0.2) is 247 Å². The van der Waals surface area contributed by atoms with Crippen LogP contribution in [0.2, 0.25) is 0 Å². The molecule has 10 aromatic carbocycles. The fourth-order valence-corrected chi connectivity index (χ4v) is 9.31. The van der Waals surface area contributed by atoms with Crippen molar-refractivity contribution in [2.75, 3.05) is 4.90 Å². The van der Waals surface area contributed by atoms with Crippen LogP contribution in [-0.4, -0.2) is 4.57 Å². The maximum absolute atomic E-state index is 6.45. The summed E-state index contributed by atoms with van der Waals surface area (Å²) in [5.41, 5.74) is 18.0. The number of benzene rings is 10. The molecule has 0 amide bonds. The Morgan fingerprint density at radius 1 is 0.302 bits per heavy atom. The highest BCUT2D eigenvalue weighted by Gasteiger charge is 2.18. The van der Waals surface area contributed by atoms with E-state index in [2.05, 4.69) is 240 Å². The summed E-state index contributed by atoms with van der Waals surface area (Å²) in [6.45, 7) is 0. The molecule has 296 valence electrons. The molecular weight excluding hydrogens is 765 g/mol. The number of para-hydroxylation sites is 3. The summed E-state index contributed by atoms with van der Waals surface area (Å²) in [7, 11) is 0. The van der Waals surface area contributed by atoms with Crippen molar-refractivity contribution in [3.63, 3.8) is 0 Å². The maximum atomic E-state index is 6.45. The smallest absolute Gasteiger partial charge is 0.143 e. The highest BCUT2D eigenvalue weighted by atomic mass is 16.3. The number of aromatic nitrogens is 1. The molecule has 3 nitrogen and oxygen atoms in total. The van der Waals surface area contributed by atoms with Gasteiger partial charge in [0, 0.05) is 49.9 Å². The number of hydrogen-bond acceptors (Lipinski definition) is 2. The Morgan fingerprint density at radius 2 is 0.746 bits per heavy atom. The molecule has 0 spiro atoms. The lowest BCUT2D eigenvalue weighted by molar-refractivity contribution is 0.670. The van der Waals surface area contributed by atoms with Crippen molar-refractivity contribution in [1.29, 1.82) is 0 Å². The molecule has 63 heavy (non-hydrogen) atoms. The topological polar surface area (TPSA) is 21.3 Å². The zero-order chi connectivity index (χ0) is 41.7. The number of anilines is 3. The molecular formula is C60H40N2O. The van der Waals surface area contributed by atoms with Gasteiger partial charge in [0.15, 0.2) is 0 Å². The van der Waals surface area contributed by atoms with Gasteiger partial charge >= 0.3 is 0 Å². The van der Waals surface area contributed by atoms with E-state index in [-0.39, 0.29) is 0 Å². The normalized spacial score (nSPS) is 11.5. The lowest BCUT2D eigenvalue weighted by Crippen LogP contribution is -2.09. The van der Waals surface area contributed by atoms with E-state index >= 15 is 0 Å². The van der Waals surface area contributed by atoms with Crippen molar-refractivity contribution in [2.45, 2.75) is 0 Å². The average molecular weight is 805 g/mol. The van der Waals surface area contributed by atoms with E-state index in [0.29, 0.717) is 0 Å². The van der Waals surface area contributed by atoms with Crippen LogP contribution in [0.5, 0.6) is 0 Å². The minimum atomic E-state index is 0.911. The van der Waals surface area contributed by atoms with Gasteiger partial charge in [0.1, 0.15) is 11.2 Å². The van der Waals surface area contributed by atoms with Crippen LogP contribution >= 0.6 is 0 Å². The minimum Gasteiger partial charge on any atom is -0.455 e. The number of furan rings is 1. The Morgan fingerprint density at radius 3 is 1.33 bits per heavy atom. The van der Waals surface area contributed by atoms with Gasteiger partial charge in [-0.05, 0) is 112 Å². The first kappa shape index (κ1) is 36.5. The van der Waals surface area contributed by atoms with E-state index in [9.17, 15) is 0 Å². The Labute approximate surface area is 366 Å². The van der Waals surface area contributed by atoms with E-state index in [4.69, 9.17) is 4.42 Å². The Kier molecular flexibility index (Phi) is 8.83. The first-order chi connectivity index (χ1) is 31.2. The first-order valence-corrected chi connectivity index (χ1v) is 21.5. The molecule has 0 aliphatic carbocycles. The molecule has 0 fully saturated rings. The molecule has 0 radical (unpaired) electrons. The van der Waals surface area contributed by atoms with Crippen LogP contribution in [-0.2, 0) is 0 Å². The highest BCUT2D eigenvalue weighted by molar-refractivity contribution is 6.13. The summed E-state index contributed by atoms with van der Waals surface area (Å²) in [6.07, 6.45) is 0. The predicted molar refractivity (Wildman–Crippen MR) is 264 cm³/mol. The largest absolute Gasteiger partial charge is 0.455 e. The van der Waals surface area contributed by atoms with Crippen LogP contribution < -0.4 is 4.90 Å². The van der Waals surface area contributed by atoms with E-state index in [1.807, 2.05) is 12.1 Å². The van der Waals surface area contributed by atoms with Crippen LogP contribution in [0.3, 0.4) is 0 Å². The Bertz CT molecular complexity index is 3480. The quantitative estimate of drug-likeness (QED) is 0.153. The van der Waals surface area contributed by atoms with E-state index in [1.54, 1.807) is 0 Å². The summed E-state index contributed by atoms with van der Waals surface area (Å²) < 4.78 is 8.83. The fraction of sp³-hybridized carbons (Fsp3) is 0. The monoisotopic (exact) mass is 804 g/mol. The van der Waals surface area contributed by atoms with Gasteiger partial charge in [-0.1, -0.05) is 170 Å². The third-order valence-electron chi connectivity index (χ3n) is 12.4. The summed E-state index contributed by atoms with van der Waals surface area (Å²) >= 11 is 0. The van der Waals surface area contributed by atoms with Gasteiger partial charge in [-0.3, -0.25) is 0 Å². The molecule has 12 aromatic rings. The van der Waals surface area contributed by atoms with Crippen LogP contribution in [0.1, 0.15) is 0 Å². The zero-order valence-corrected chi connectivity index (χ0v) is 34.4. The molecule has 12 rings (SSSR count). The zero-order valence-electron chi connectivity index (χ0n) is 34.4. The molecule has 2 aromatic heterocycles.